The van der Waals surface area contributed by atoms with Crippen molar-refractivity contribution >= 4 is 28.9 Å². The fourth-order valence-electron chi connectivity index (χ4n) is 3.85. The molecule has 0 atom stereocenters. The van der Waals surface area contributed by atoms with Crippen LogP contribution in [0.5, 0.6) is 5.75 Å². The maximum atomic E-state index is 13.1. The van der Waals surface area contributed by atoms with Crippen LogP contribution in [-0.2, 0) is 9.59 Å². The molecule has 0 radical (unpaired) electrons. The lowest BCUT2D eigenvalue weighted by Gasteiger charge is -2.37. The van der Waals surface area contributed by atoms with E-state index in [1.807, 2.05) is 54.3 Å². The second-order valence-electron chi connectivity index (χ2n) is 7.52. The van der Waals surface area contributed by atoms with Crippen LogP contribution in [0.25, 0.3) is 0 Å². The molecule has 1 saturated heterocycles. The molecule has 2 aromatic rings. The van der Waals surface area contributed by atoms with E-state index in [4.69, 9.17) is 4.74 Å². The number of carbonyl (C=O) groups excluding carboxylic acids is 2. The van der Waals surface area contributed by atoms with Gasteiger partial charge in [-0.25, -0.2) is 5.01 Å². The van der Waals surface area contributed by atoms with Crippen LogP contribution in [-0.4, -0.2) is 55.7 Å². The standard InChI is InChI=1S/C23H26N4O3/c1-17-6-3-4-9-21(17)27-22(28)11-10-20(24-27)23(29)26-14-12-25(13-15-26)18-7-5-8-19(16-18)30-2/h3-9,16H,10-15H2,1-2H3. The van der Waals surface area contributed by atoms with E-state index in [1.54, 1.807) is 7.11 Å². The monoisotopic (exact) mass is 406 g/mol. The Morgan fingerprint density at radius 1 is 1.00 bits per heavy atom. The Morgan fingerprint density at radius 3 is 2.50 bits per heavy atom. The fraction of sp³-hybridized carbons (Fsp3) is 0.348. The zero-order chi connectivity index (χ0) is 21.1. The number of hydrogen-bond donors (Lipinski definition) is 0. The van der Waals surface area contributed by atoms with Gasteiger partial charge in [0, 0.05) is 50.8 Å². The molecule has 2 amide bonds. The molecule has 0 N–H and O–H groups in total. The van der Waals surface area contributed by atoms with E-state index in [0.717, 1.165) is 35.8 Å². The van der Waals surface area contributed by atoms with E-state index in [0.29, 0.717) is 31.6 Å². The Kier molecular flexibility index (Phi) is 5.70. The van der Waals surface area contributed by atoms with E-state index < -0.39 is 0 Å². The van der Waals surface area contributed by atoms with Gasteiger partial charge in [-0.15, -0.1) is 0 Å². The zero-order valence-corrected chi connectivity index (χ0v) is 17.4. The summed E-state index contributed by atoms with van der Waals surface area (Å²) in [7, 11) is 1.66. The summed E-state index contributed by atoms with van der Waals surface area (Å²) in [4.78, 5) is 29.6. The molecule has 7 nitrogen and oxygen atoms in total. The Hall–Kier alpha value is -3.35. The van der Waals surface area contributed by atoms with Gasteiger partial charge in [-0.1, -0.05) is 24.3 Å². The number of piperazine rings is 1. The van der Waals surface area contributed by atoms with Crippen molar-refractivity contribution in [2.45, 2.75) is 19.8 Å². The van der Waals surface area contributed by atoms with Gasteiger partial charge in [-0.05, 0) is 30.7 Å². The van der Waals surface area contributed by atoms with Crippen molar-refractivity contribution in [2.75, 3.05) is 43.2 Å². The third kappa shape index (κ3) is 4.01. The highest BCUT2D eigenvalue weighted by Gasteiger charge is 2.30. The number of amides is 2. The predicted molar refractivity (Wildman–Crippen MR) is 117 cm³/mol. The molecular formula is C23H26N4O3. The first-order chi connectivity index (χ1) is 14.6. The lowest BCUT2D eigenvalue weighted by atomic mass is 10.1. The van der Waals surface area contributed by atoms with Gasteiger partial charge in [0.15, 0.2) is 0 Å². The number of hydrazone groups is 1. The summed E-state index contributed by atoms with van der Waals surface area (Å²) < 4.78 is 5.31. The number of para-hydroxylation sites is 1. The highest BCUT2D eigenvalue weighted by Crippen LogP contribution is 2.25. The number of nitrogens with zero attached hydrogens (tertiary/aromatic N) is 4. The van der Waals surface area contributed by atoms with Crippen molar-refractivity contribution in [1.29, 1.82) is 0 Å². The third-order valence-corrected chi connectivity index (χ3v) is 5.61. The lowest BCUT2D eigenvalue weighted by Crippen LogP contribution is -2.51. The van der Waals surface area contributed by atoms with Crippen LogP contribution >= 0.6 is 0 Å². The number of aryl methyl sites for hydroxylation is 1. The van der Waals surface area contributed by atoms with Crippen molar-refractivity contribution in [3.05, 3.63) is 54.1 Å². The second-order valence-corrected chi connectivity index (χ2v) is 7.52. The highest BCUT2D eigenvalue weighted by molar-refractivity contribution is 6.40. The fourth-order valence-corrected chi connectivity index (χ4v) is 3.85. The molecule has 0 saturated carbocycles. The molecule has 7 heteroatoms. The minimum Gasteiger partial charge on any atom is -0.497 e. The molecule has 2 aliphatic rings. The maximum Gasteiger partial charge on any atom is 0.270 e. The summed E-state index contributed by atoms with van der Waals surface area (Å²) in [5, 5.41) is 5.84. The van der Waals surface area contributed by atoms with E-state index in [9.17, 15) is 9.59 Å². The summed E-state index contributed by atoms with van der Waals surface area (Å²) in [5.41, 5.74) is 3.23. The normalized spacial score (nSPS) is 17.1. The number of anilines is 2. The molecular weight excluding hydrogens is 380 g/mol. The first-order valence-corrected chi connectivity index (χ1v) is 10.2. The van der Waals surface area contributed by atoms with Gasteiger partial charge in [0.05, 0.1) is 12.8 Å². The van der Waals surface area contributed by atoms with Crippen LogP contribution < -0.4 is 14.6 Å². The van der Waals surface area contributed by atoms with Crippen LogP contribution in [0.4, 0.5) is 11.4 Å². The first kappa shape index (κ1) is 19.9. The van der Waals surface area contributed by atoms with Gasteiger partial charge >= 0.3 is 0 Å². The predicted octanol–water partition coefficient (Wildman–Crippen LogP) is 2.84. The molecule has 30 heavy (non-hydrogen) atoms. The molecule has 0 spiro atoms. The molecule has 156 valence electrons. The van der Waals surface area contributed by atoms with E-state index in [-0.39, 0.29) is 11.8 Å². The van der Waals surface area contributed by atoms with Gasteiger partial charge in [-0.2, -0.15) is 5.10 Å². The highest BCUT2D eigenvalue weighted by atomic mass is 16.5. The minimum atomic E-state index is -0.0799. The topological polar surface area (TPSA) is 65.5 Å². The van der Waals surface area contributed by atoms with Crippen LogP contribution in [0.15, 0.2) is 53.6 Å². The Labute approximate surface area is 176 Å². The molecule has 0 unspecified atom stereocenters. The summed E-state index contributed by atoms with van der Waals surface area (Å²) in [6, 6.07) is 15.5. The van der Waals surface area contributed by atoms with Crippen molar-refractivity contribution in [1.82, 2.24) is 4.90 Å². The summed E-state index contributed by atoms with van der Waals surface area (Å²) in [5.74, 6) is 0.665. The summed E-state index contributed by atoms with van der Waals surface area (Å²) >= 11 is 0. The van der Waals surface area contributed by atoms with E-state index in [2.05, 4.69) is 16.1 Å². The Bertz CT molecular complexity index is 980. The van der Waals surface area contributed by atoms with Crippen molar-refractivity contribution in [2.24, 2.45) is 5.10 Å². The molecule has 0 bridgehead atoms. The second kappa shape index (κ2) is 8.57. The van der Waals surface area contributed by atoms with Crippen molar-refractivity contribution in [3.8, 4) is 5.75 Å². The lowest BCUT2D eigenvalue weighted by molar-refractivity contribution is -0.124. The molecule has 0 aliphatic carbocycles. The average molecular weight is 406 g/mol. The van der Waals surface area contributed by atoms with Gasteiger partial charge < -0.3 is 14.5 Å². The largest absolute Gasteiger partial charge is 0.497 e. The number of hydrogen-bond acceptors (Lipinski definition) is 5. The SMILES string of the molecule is COc1cccc(N2CCN(C(=O)C3=NN(c4ccccc4C)C(=O)CC3)CC2)c1. The number of methoxy groups -OCH3 is 1. The molecule has 2 aliphatic heterocycles. The van der Waals surface area contributed by atoms with Crippen LogP contribution in [0.3, 0.4) is 0 Å². The van der Waals surface area contributed by atoms with E-state index >= 15 is 0 Å². The minimum absolute atomic E-state index is 0.0774. The Morgan fingerprint density at radius 2 is 1.77 bits per heavy atom. The van der Waals surface area contributed by atoms with E-state index in [1.165, 1.54) is 5.01 Å². The number of carbonyl (C=O) groups is 2. The van der Waals surface area contributed by atoms with Gasteiger partial charge in [0.1, 0.15) is 11.5 Å². The molecule has 2 aromatic carbocycles. The zero-order valence-electron chi connectivity index (χ0n) is 17.4. The molecule has 0 aromatic heterocycles. The quantitative estimate of drug-likeness (QED) is 0.783. The summed E-state index contributed by atoms with van der Waals surface area (Å²) in [6.45, 7) is 4.66. The van der Waals surface area contributed by atoms with Crippen LogP contribution in [0, 0.1) is 6.92 Å². The molecule has 2 heterocycles. The number of benzene rings is 2. The summed E-state index contributed by atoms with van der Waals surface area (Å²) in [6.07, 6.45) is 0.679. The number of rotatable bonds is 4. The first-order valence-electron chi connectivity index (χ1n) is 10.2. The maximum absolute atomic E-state index is 13.1. The van der Waals surface area contributed by atoms with Gasteiger partial charge in [0.25, 0.3) is 5.91 Å². The van der Waals surface area contributed by atoms with Gasteiger partial charge in [-0.3, -0.25) is 9.59 Å². The molecule has 1 fully saturated rings. The average Bonchev–Trinajstić information content (AvgIpc) is 2.79. The smallest absolute Gasteiger partial charge is 0.270 e. The van der Waals surface area contributed by atoms with Crippen LogP contribution in [0.1, 0.15) is 18.4 Å². The number of ether oxygens (including phenoxy) is 1. The Balaban J connectivity index is 1.45. The van der Waals surface area contributed by atoms with Gasteiger partial charge in [0.2, 0.25) is 5.91 Å². The van der Waals surface area contributed by atoms with Crippen molar-refractivity contribution < 1.29 is 14.3 Å². The third-order valence-electron chi connectivity index (χ3n) is 5.61. The molecule has 4 rings (SSSR count). The van der Waals surface area contributed by atoms with Crippen LogP contribution in [0.2, 0.25) is 0 Å². The van der Waals surface area contributed by atoms with Crippen molar-refractivity contribution in [3.63, 3.8) is 0 Å².